The monoisotopic (exact) mass is 415 g/mol. The fourth-order valence-corrected chi connectivity index (χ4v) is 3.84. The molecule has 0 aliphatic carbocycles. The van der Waals surface area contributed by atoms with Gasteiger partial charge in [0.1, 0.15) is 5.56 Å². The lowest BCUT2D eigenvalue weighted by atomic mass is 10.2. The van der Waals surface area contributed by atoms with Crippen molar-refractivity contribution in [1.82, 2.24) is 9.38 Å². The van der Waals surface area contributed by atoms with Crippen LogP contribution in [0.1, 0.15) is 10.4 Å². The number of rotatable bonds is 3. The van der Waals surface area contributed by atoms with E-state index in [2.05, 4.69) is 10.3 Å². The molecule has 0 fully saturated rings. The summed E-state index contributed by atoms with van der Waals surface area (Å²) in [6.45, 7) is 0. The zero-order chi connectivity index (χ0) is 19.0. The minimum absolute atomic E-state index is 0.0841. The van der Waals surface area contributed by atoms with E-state index in [9.17, 15) is 9.59 Å². The van der Waals surface area contributed by atoms with Gasteiger partial charge in [-0.3, -0.25) is 14.0 Å². The molecule has 0 radical (unpaired) electrons. The van der Waals surface area contributed by atoms with Gasteiger partial charge in [-0.05, 0) is 23.8 Å². The molecule has 0 aliphatic heterocycles. The van der Waals surface area contributed by atoms with E-state index < -0.39 is 11.5 Å². The van der Waals surface area contributed by atoms with E-state index in [1.54, 1.807) is 12.1 Å². The third-order valence-electron chi connectivity index (χ3n) is 3.94. The highest BCUT2D eigenvalue weighted by Gasteiger charge is 2.18. The first-order valence-electron chi connectivity index (χ1n) is 7.85. The van der Waals surface area contributed by atoms with Crippen LogP contribution in [0.3, 0.4) is 0 Å². The summed E-state index contributed by atoms with van der Waals surface area (Å²) < 4.78 is 1.44. The molecule has 2 aromatic heterocycles. The Balaban J connectivity index is 1.79. The summed E-state index contributed by atoms with van der Waals surface area (Å²) >= 11 is 13.4. The Morgan fingerprint density at radius 2 is 1.89 bits per heavy atom. The summed E-state index contributed by atoms with van der Waals surface area (Å²) in [4.78, 5) is 30.4. The van der Waals surface area contributed by atoms with E-state index in [1.165, 1.54) is 28.0 Å². The van der Waals surface area contributed by atoms with Gasteiger partial charge >= 0.3 is 0 Å². The third kappa shape index (κ3) is 3.35. The van der Waals surface area contributed by atoms with Crippen LogP contribution in [0.15, 0.2) is 64.9 Å². The summed E-state index contributed by atoms with van der Waals surface area (Å²) in [6.07, 6.45) is 1.27. The number of carbonyl (C=O) groups is 1. The molecule has 8 heteroatoms. The summed E-state index contributed by atoms with van der Waals surface area (Å²) in [5, 5.41) is 5.20. The summed E-state index contributed by atoms with van der Waals surface area (Å²) in [5.41, 5.74) is 1.34. The van der Waals surface area contributed by atoms with Gasteiger partial charge in [0.05, 0.1) is 16.4 Å². The molecule has 0 aliphatic rings. The maximum absolute atomic E-state index is 13.0. The van der Waals surface area contributed by atoms with Gasteiger partial charge in [-0.15, -0.1) is 11.3 Å². The quantitative estimate of drug-likeness (QED) is 0.512. The average Bonchev–Trinajstić information content (AvgIpc) is 3.11. The van der Waals surface area contributed by atoms with Crippen LogP contribution >= 0.6 is 34.5 Å². The lowest BCUT2D eigenvalue weighted by Crippen LogP contribution is -2.26. The molecule has 27 heavy (non-hydrogen) atoms. The van der Waals surface area contributed by atoms with Crippen molar-refractivity contribution in [1.29, 1.82) is 0 Å². The number of anilines is 1. The van der Waals surface area contributed by atoms with Crippen LogP contribution in [0.5, 0.6) is 0 Å². The van der Waals surface area contributed by atoms with Crippen LogP contribution in [0.2, 0.25) is 10.0 Å². The normalized spacial score (nSPS) is 10.9. The number of carbonyl (C=O) groups excluding carboxylic acids is 1. The Morgan fingerprint density at radius 3 is 2.67 bits per heavy atom. The highest BCUT2D eigenvalue weighted by molar-refractivity contribution is 7.15. The predicted molar refractivity (Wildman–Crippen MR) is 109 cm³/mol. The van der Waals surface area contributed by atoms with Gasteiger partial charge < -0.3 is 5.32 Å². The van der Waals surface area contributed by atoms with E-state index in [0.717, 1.165) is 5.56 Å². The van der Waals surface area contributed by atoms with Crippen molar-refractivity contribution in [3.05, 3.63) is 86.1 Å². The Labute approximate surface area is 167 Å². The number of fused-ring (bicyclic) bond motifs is 1. The Morgan fingerprint density at radius 1 is 1.11 bits per heavy atom. The topological polar surface area (TPSA) is 63.5 Å². The number of thiazole rings is 1. The van der Waals surface area contributed by atoms with Crippen LogP contribution in [0.4, 0.5) is 5.69 Å². The zero-order valence-corrected chi connectivity index (χ0v) is 16.0. The second-order valence-corrected chi connectivity index (χ2v) is 7.34. The van der Waals surface area contributed by atoms with Crippen molar-refractivity contribution in [3.63, 3.8) is 0 Å². The van der Waals surface area contributed by atoms with E-state index >= 15 is 0 Å². The second kappa shape index (κ2) is 7.15. The first kappa shape index (κ1) is 17.7. The molecule has 1 N–H and O–H groups in total. The van der Waals surface area contributed by atoms with Crippen molar-refractivity contribution in [3.8, 4) is 11.3 Å². The van der Waals surface area contributed by atoms with Crippen LogP contribution < -0.4 is 10.9 Å². The molecule has 2 aromatic carbocycles. The molecule has 0 spiro atoms. The SMILES string of the molecule is O=C(Nc1cc(Cl)ccc1Cl)c1cnc2scc(-c3ccccc3)n2c1=O. The molecule has 4 rings (SSSR count). The van der Waals surface area contributed by atoms with Gasteiger partial charge in [0.15, 0.2) is 4.96 Å². The standard InChI is InChI=1S/C19H11Cl2N3O2S/c20-12-6-7-14(21)15(8-12)23-17(25)13-9-22-19-24(18(13)26)16(10-27-19)11-4-2-1-3-5-11/h1-10H,(H,23,25). The van der Waals surface area contributed by atoms with Gasteiger partial charge in [0.2, 0.25) is 0 Å². The van der Waals surface area contributed by atoms with Crippen LogP contribution in [-0.4, -0.2) is 15.3 Å². The lowest BCUT2D eigenvalue weighted by Gasteiger charge is -2.08. The molecular weight excluding hydrogens is 405 g/mol. The molecule has 4 aromatic rings. The van der Waals surface area contributed by atoms with Crippen molar-refractivity contribution in [2.24, 2.45) is 0 Å². The molecule has 2 heterocycles. The summed E-state index contributed by atoms with van der Waals surface area (Å²) in [5.74, 6) is -0.601. The van der Waals surface area contributed by atoms with E-state index in [-0.39, 0.29) is 5.56 Å². The van der Waals surface area contributed by atoms with Crippen molar-refractivity contribution >= 4 is 51.1 Å². The number of halogens is 2. The predicted octanol–water partition coefficient (Wildman–Crippen LogP) is 4.98. The molecule has 0 saturated carbocycles. The zero-order valence-electron chi connectivity index (χ0n) is 13.6. The molecule has 134 valence electrons. The third-order valence-corrected chi connectivity index (χ3v) is 5.34. The lowest BCUT2D eigenvalue weighted by molar-refractivity contribution is 0.102. The van der Waals surface area contributed by atoms with Gasteiger partial charge in [-0.2, -0.15) is 0 Å². The number of amides is 1. The van der Waals surface area contributed by atoms with Crippen LogP contribution in [-0.2, 0) is 0 Å². The first-order chi connectivity index (χ1) is 13.0. The smallest absolute Gasteiger partial charge is 0.271 e. The molecule has 0 saturated heterocycles. The summed E-state index contributed by atoms with van der Waals surface area (Å²) in [6, 6.07) is 14.2. The molecular formula is C19H11Cl2N3O2S. The number of benzene rings is 2. The number of nitrogens with one attached hydrogen (secondary N) is 1. The highest BCUT2D eigenvalue weighted by Crippen LogP contribution is 2.26. The number of aromatic nitrogens is 2. The number of hydrogen-bond donors (Lipinski definition) is 1. The van der Waals surface area contributed by atoms with Gasteiger partial charge in [0.25, 0.3) is 11.5 Å². The molecule has 1 amide bonds. The average molecular weight is 416 g/mol. The van der Waals surface area contributed by atoms with Gasteiger partial charge in [-0.25, -0.2) is 4.98 Å². The van der Waals surface area contributed by atoms with E-state index in [4.69, 9.17) is 23.2 Å². The van der Waals surface area contributed by atoms with Gasteiger partial charge in [-0.1, -0.05) is 53.5 Å². The second-order valence-electron chi connectivity index (χ2n) is 5.66. The van der Waals surface area contributed by atoms with E-state index in [1.807, 2.05) is 35.7 Å². The fourth-order valence-electron chi connectivity index (χ4n) is 2.64. The van der Waals surface area contributed by atoms with Crippen LogP contribution in [0.25, 0.3) is 16.2 Å². The van der Waals surface area contributed by atoms with Crippen molar-refractivity contribution in [2.45, 2.75) is 0 Å². The largest absolute Gasteiger partial charge is 0.320 e. The Bertz CT molecular complexity index is 1220. The Hall–Kier alpha value is -2.67. The minimum Gasteiger partial charge on any atom is -0.320 e. The number of nitrogens with zero attached hydrogens (tertiary/aromatic N) is 2. The van der Waals surface area contributed by atoms with Crippen molar-refractivity contribution in [2.75, 3.05) is 5.32 Å². The number of hydrogen-bond acceptors (Lipinski definition) is 4. The molecule has 5 nitrogen and oxygen atoms in total. The molecule has 0 bridgehead atoms. The molecule has 0 unspecified atom stereocenters. The molecule has 0 atom stereocenters. The van der Waals surface area contributed by atoms with E-state index in [0.29, 0.717) is 26.4 Å². The summed E-state index contributed by atoms with van der Waals surface area (Å²) in [7, 11) is 0. The van der Waals surface area contributed by atoms with Crippen LogP contribution in [0, 0.1) is 0 Å². The Kier molecular flexibility index (Phi) is 4.70. The highest BCUT2D eigenvalue weighted by atomic mass is 35.5. The first-order valence-corrected chi connectivity index (χ1v) is 9.49. The minimum atomic E-state index is -0.601. The fraction of sp³-hybridized carbons (Fsp3) is 0. The maximum Gasteiger partial charge on any atom is 0.271 e. The van der Waals surface area contributed by atoms with Crippen molar-refractivity contribution < 1.29 is 4.79 Å². The van der Waals surface area contributed by atoms with Gasteiger partial charge in [0, 0.05) is 16.6 Å². The maximum atomic E-state index is 13.0.